The third kappa shape index (κ3) is 2.95. The highest BCUT2D eigenvalue weighted by molar-refractivity contribution is 9.10. The molecule has 2 aromatic rings. The fraction of sp³-hybridized carbons (Fsp3) is 0. The molecular formula is C11H9BrN4O2. The van der Waals surface area contributed by atoms with Crippen LogP contribution < -0.4 is 5.43 Å². The number of phenols is 1. The van der Waals surface area contributed by atoms with Crippen LogP contribution in [0.15, 0.2) is 40.0 Å². The molecule has 2 rings (SSSR count). The Hall–Kier alpha value is -2.15. The molecule has 0 atom stereocenters. The van der Waals surface area contributed by atoms with Gasteiger partial charge in [-0.2, -0.15) is 10.2 Å². The van der Waals surface area contributed by atoms with E-state index in [-0.39, 0.29) is 5.75 Å². The van der Waals surface area contributed by atoms with Crippen LogP contribution in [0.1, 0.15) is 16.1 Å². The van der Waals surface area contributed by atoms with Gasteiger partial charge in [-0.05, 0) is 45.8 Å². The van der Waals surface area contributed by atoms with Crippen molar-refractivity contribution in [3.05, 3.63) is 46.2 Å². The van der Waals surface area contributed by atoms with Crippen molar-refractivity contribution in [2.45, 2.75) is 0 Å². The molecule has 0 aliphatic carbocycles. The normalized spacial score (nSPS) is 10.7. The first-order chi connectivity index (χ1) is 8.66. The van der Waals surface area contributed by atoms with Gasteiger partial charge in [-0.3, -0.25) is 9.89 Å². The predicted molar refractivity (Wildman–Crippen MR) is 69.5 cm³/mol. The number of carbonyl (C=O) groups is 1. The number of amides is 1. The van der Waals surface area contributed by atoms with Gasteiger partial charge in [0.1, 0.15) is 11.4 Å². The lowest BCUT2D eigenvalue weighted by molar-refractivity contribution is 0.0949. The maximum Gasteiger partial charge on any atom is 0.290 e. The summed E-state index contributed by atoms with van der Waals surface area (Å²) in [5.41, 5.74) is 3.42. The number of aromatic amines is 1. The third-order valence-electron chi connectivity index (χ3n) is 2.09. The average Bonchev–Trinajstić information content (AvgIpc) is 2.78. The summed E-state index contributed by atoms with van der Waals surface area (Å²) in [6.45, 7) is 0. The van der Waals surface area contributed by atoms with Crippen molar-refractivity contribution in [2.75, 3.05) is 0 Å². The summed E-state index contributed by atoms with van der Waals surface area (Å²) in [5, 5.41) is 19.1. The fourth-order valence-corrected chi connectivity index (χ4v) is 1.58. The van der Waals surface area contributed by atoms with E-state index in [2.05, 4.69) is 36.7 Å². The number of rotatable bonds is 3. The Morgan fingerprint density at radius 3 is 2.78 bits per heavy atom. The lowest BCUT2D eigenvalue weighted by atomic mass is 10.2. The number of aromatic hydroxyl groups is 1. The molecule has 0 spiro atoms. The van der Waals surface area contributed by atoms with Gasteiger partial charge in [-0.15, -0.1) is 0 Å². The number of hydrogen-bond acceptors (Lipinski definition) is 4. The zero-order chi connectivity index (χ0) is 13.0. The zero-order valence-corrected chi connectivity index (χ0v) is 10.7. The fourth-order valence-electron chi connectivity index (χ4n) is 1.21. The molecule has 1 heterocycles. The molecule has 1 amide bonds. The second-order valence-corrected chi connectivity index (χ2v) is 4.24. The van der Waals surface area contributed by atoms with Crippen LogP contribution in [0.25, 0.3) is 0 Å². The van der Waals surface area contributed by atoms with Crippen molar-refractivity contribution < 1.29 is 9.90 Å². The zero-order valence-electron chi connectivity index (χ0n) is 9.09. The Kier molecular flexibility index (Phi) is 3.73. The van der Waals surface area contributed by atoms with Gasteiger partial charge in [-0.25, -0.2) is 5.43 Å². The van der Waals surface area contributed by atoms with E-state index in [1.165, 1.54) is 24.5 Å². The number of hydrogen-bond donors (Lipinski definition) is 3. The molecule has 0 fully saturated rings. The van der Waals surface area contributed by atoms with Crippen LogP contribution in [0.2, 0.25) is 0 Å². The third-order valence-corrected chi connectivity index (χ3v) is 2.69. The first-order valence-electron chi connectivity index (χ1n) is 4.98. The molecule has 1 aromatic heterocycles. The van der Waals surface area contributed by atoms with Crippen molar-refractivity contribution in [3.63, 3.8) is 0 Å². The van der Waals surface area contributed by atoms with Crippen LogP contribution in [0, 0.1) is 0 Å². The molecule has 3 N–H and O–H groups in total. The average molecular weight is 309 g/mol. The minimum Gasteiger partial charge on any atom is -0.508 e. The van der Waals surface area contributed by atoms with Crippen LogP contribution in [0.5, 0.6) is 5.75 Å². The smallest absolute Gasteiger partial charge is 0.290 e. The molecule has 18 heavy (non-hydrogen) atoms. The minimum absolute atomic E-state index is 0.178. The van der Waals surface area contributed by atoms with E-state index in [0.717, 1.165) is 5.56 Å². The predicted octanol–water partition coefficient (Wildman–Crippen LogP) is 1.64. The SMILES string of the molecule is O=C(N/N=C/c1ccc(O)cc1)c1[nH]ncc1Br. The van der Waals surface area contributed by atoms with Crippen molar-refractivity contribution in [2.24, 2.45) is 5.10 Å². The second-order valence-electron chi connectivity index (χ2n) is 3.38. The van der Waals surface area contributed by atoms with E-state index in [0.29, 0.717) is 10.2 Å². The molecule has 0 bridgehead atoms. The second kappa shape index (κ2) is 5.46. The monoisotopic (exact) mass is 308 g/mol. The lowest BCUT2D eigenvalue weighted by Crippen LogP contribution is -2.18. The summed E-state index contributed by atoms with van der Waals surface area (Å²) in [4.78, 5) is 11.6. The van der Waals surface area contributed by atoms with E-state index in [4.69, 9.17) is 5.11 Å². The maximum atomic E-state index is 11.6. The number of H-pyrrole nitrogens is 1. The quantitative estimate of drug-likeness (QED) is 0.595. The van der Waals surface area contributed by atoms with E-state index >= 15 is 0 Å². The van der Waals surface area contributed by atoms with Crippen molar-refractivity contribution in [3.8, 4) is 5.75 Å². The van der Waals surface area contributed by atoms with Gasteiger partial charge in [0, 0.05) is 0 Å². The number of aromatic nitrogens is 2. The first-order valence-corrected chi connectivity index (χ1v) is 5.77. The highest BCUT2D eigenvalue weighted by atomic mass is 79.9. The Balaban J connectivity index is 1.98. The van der Waals surface area contributed by atoms with Crippen LogP contribution in [0.3, 0.4) is 0 Å². The number of nitrogens with zero attached hydrogens (tertiary/aromatic N) is 2. The highest BCUT2D eigenvalue weighted by Gasteiger charge is 2.10. The number of phenolic OH excluding ortho intramolecular Hbond substituents is 1. The summed E-state index contributed by atoms with van der Waals surface area (Å²) >= 11 is 3.18. The number of nitrogens with one attached hydrogen (secondary N) is 2. The molecule has 1 aromatic carbocycles. The van der Waals surface area contributed by atoms with E-state index in [1.807, 2.05) is 0 Å². The number of hydrazone groups is 1. The van der Waals surface area contributed by atoms with Gasteiger partial charge in [-0.1, -0.05) is 0 Å². The standard InChI is InChI=1S/C11H9BrN4O2/c12-9-6-14-15-10(9)11(18)16-13-5-7-1-3-8(17)4-2-7/h1-6,17H,(H,14,15)(H,16,18)/b13-5+. The molecule has 0 saturated carbocycles. The lowest BCUT2D eigenvalue weighted by Gasteiger charge is -1.97. The van der Waals surface area contributed by atoms with Gasteiger partial charge in [0.25, 0.3) is 5.91 Å². The largest absolute Gasteiger partial charge is 0.508 e. The van der Waals surface area contributed by atoms with E-state index in [9.17, 15) is 4.79 Å². The minimum atomic E-state index is -0.394. The number of benzene rings is 1. The molecule has 0 aliphatic rings. The van der Waals surface area contributed by atoms with Crippen molar-refractivity contribution in [1.82, 2.24) is 15.6 Å². The number of carbonyl (C=O) groups excluding carboxylic acids is 1. The van der Waals surface area contributed by atoms with Crippen LogP contribution in [-0.4, -0.2) is 27.4 Å². The summed E-state index contributed by atoms with van der Waals surface area (Å²) in [6, 6.07) is 6.43. The molecule has 0 unspecified atom stereocenters. The number of halogens is 1. The highest BCUT2D eigenvalue weighted by Crippen LogP contribution is 2.12. The van der Waals surface area contributed by atoms with E-state index < -0.39 is 5.91 Å². The Bertz CT molecular complexity index is 577. The van der Waals surface area contributed by atoms with Gasteiger partial charge in [0.2, 0.25) is 0 Å². The Morgan fingerprint density at radius 2 is 2.17 bits per heavy atom. The Labute approximate surface area is 111 Å². The van der Waals surface area contributed by atoms with Crippen LogP contribution in [0.4, 0.5) is 0 Å². The molecular weight excluding hydrogens is 300 g/mol. The van der Waals surface area contributed by atoms with Crippen LogP contribution in [-0.2, 0) is 0 Å². The molecule has 0 aliphatic heterocycles. The summed E-state index contributed by atoms with van der Waals surface area (Å²) in [6.07, 6.45) is 2.96. The molecule has 92 valence electrons. The van der Waals surface area contributed by atoms with Gasteiger partial charge in [0.15, 0.2) is 0 Å². The molecule has 7 heteroatoms. The van der Waals surface area contributed by atoms with Crippen molar-refractivity contribution in [1.29, 1.82) is 0 Å². The summed E-state index contributed by atoms with van der Waals surface area (Å²) < 4.78 is 0.569. The van der Waals surface area contributed by atoms with Crippen molar-refractivity contribution >= 4 is 28.1 Å². The van der Waals surface area contributed by atoms with Crippen LogP contribution >= 0.6 is 15.9 Å². The molecule has 6 nitrogen and oxygen atoms in total. The van der Waals surface area contributed by atoms with Gasteiger partial charge in [0.05, 0.1) is 16.9 Å². The maximum absolute atomic E-state index is 11.6. The van der Waals surface area contributed by atoms with Gasteiger partial charge >= 0.3 is 0 Å². The molecule has 0 radical (unpaired) electrons. The topological polar surface area (TPSA) is 90.4 Å². The van der Waals surface area contributed by atoms with E-state index in [1.54, 1.807) is 12.1 Å². The van der Waals surface area contributed by atoms with Gasteiger partial charge < -0.3 is 5.11 Å². The summed E-state index contributed by atoms with van der Waals surface area (Å²) in [7, 11) is 0. The first kappa shape index (κ1) is 12.3. The molecule has 0 saturated heterocycles. The summed E-state index contributed by atoms with van der Waals surface area (Å²) in [5.74, 6) is -0.216. The Morgan fingerprint density at radius 1 is 1.44 bits per heavy atom.